The molecule has 1 aromatic carbocycles. The molecule has 9 heteroatoms. The highest BCUT2D eigenvalue weighted by Gasteiger charge is 2.21. The molecule has 0 spiro atoms. The molecule has 0 aliphatic rings. The third-order valence-electron chi connectivity index (χ3n) is 3.60. The Morgan fingerprint density at radius 1 is 1.25 bits per heavy atom. The Morgan fingerprint density at radius 3 is 2.64 bits per heavy atom. The first-order chi connectivity index (χ1) is 12.7. The lowest BCUT2D eigenvalue weighted by Gasteiger charge is -2.19. The number of benzene rings is 1. The molecular weight excluding hydrogens is 382 g/mol. The lowest BCUT2D eigenvalue weighted by atomic mass is 10.1. The van der Waals surface area contributed by atoms with Gasteiger partial charge in [0.2, 0.25) is 5.95 Å². The van der Waals surface area contributed by atoms with Crippen LogP contribution >= 0.6 is 12.4 Å². The monoisotopic (exact) mass is 403 g/mol. The van der Waals surface area contributed by atoms with Crippen LogP contribution < -0.4 is 11.1 Å². The molecule has 0 radical (unpaired) electrons. The molecule has 8 nitrogen and oxygen atoms in total. The number of ether oxygens (including phenoxy) is 1. The van der Waals surface area contributed by atoms with Gasteiger partial charge in [0.15, 0.2) is 0 Å². The molecule has 2 aromatic heterocycles. The molecule has 3 aromatic rings. The summed E-state index contributed by atoms with van der Waals surface area (Å²) in [6, 6.07) is 8.80. The molecular formula is C19H22ClN5O3. The molecule has 2 heterocycles. The number of nitrogens with two attached hydrogens (primary N) is 1. The second kappa shape index (κ2) is 8.18. The van der Waals surface area contributed by atoms with Crippen LogP contribution in [0.15, 0.2) is 48.9 Å². The van der Waals surface area contributed by atoms with Crippen LogP contribution in [-0.2, 0) is 4.74 Å². The summed E-state index contributed by atoms with van der Waals surface area (Å²) in [7, 11) is 0. The zero-order valence-corrected chi connectivity index (χ0v) is 16.5. The minimum atomic E-state index is -0.642. The minimum Gasteiger partial charge on any atom is -0.443 e. The van der Waals surface area contributed by atoms with Crippen LogP contribution in [0.3, 0.4) is 0 Å². The largest absolute Gasteiger partial charge is 0.443 e. The molecule has 148 valence electrons. The number of nitrogens with one attached hydrogen (secondary N) is 2. The van der Waals surface area contributed by atoms with Gasteiger partial charge >= 0.3 is 6.09 Å². The summed E-state index contributed by atoms with van der Waals surface area (Å²) in [5.41, 5.74) is 7.55. The van der Waals surface area contributed by atoms with Crippen molar-refractivity contribution in [2.24, 2.45) is 0 Å². The van der Waals surface area contributed by atoms with E-state index in [1.54, 1.807) is 57.4 Å². The molecule has 4 N–H and O–H groups in total. The molecule has 0 aliphatic heterocycles. The van der Waals surface area contributed by atoms with Crippen molar-refractivity contribution in [3.8, 4) is 11.3 Å². The number of halogens is 1. The van der Waals surface area contributed by atoms with Crippen LogP contribution in [0.2, 0.25) is 0 Å². The Labute approximate surface area is 168 Å². The van der Waals surface area contributed by atoms with E-state index in [1.807, 2.05) is 6.07 Å². The van der Waals surface area contributed by atoms with Gasteiger partial charge < -0.3 is 20.8 Å². The number of hydrogen-bond donors (Lipinski definition) is 3. The van der Waals surface area contributed by atoms with Crippen LogP contribution in [0.5, 0.6) is 0 Å². The average Bonchev–Trinajstić information content (AvgIpc) is 3.23. The zero-order valence-electron chi connectivity index (χ0n) is 15.7. The quantitative estimate of drug-likeness (QED) is 0.613. The normalized spacial score (nSPS) is 10.8. The van der Waals surface area contributed by atoms with Gasteiger partial charge in [-0.05, 0) is 39.0 Å². The molecule has 0 unspecified atom stereocenters. The van der Waals surface area contributed by atoms with Crippen LogP contribution in [0, 0.1) is 0 Å². The molecule has 3 rings (SSSR count). The lowest BCUT2D eigenvalue weighted by molar-refractivity contribution is 0.0540. The first kappa shape index (κ1) is 21.0. The fourth-order valence-electron chi connectivity index (χ4n) is 2.42. The second-order valence-electron chi connectivity index (χ2n) is 6.97. The number of H-pyrrole nitrogens is 1. The third kappa shape index (κ3) is 4.92. The van der Waals surface area contributed by atoms with Crippen LogP contribution in [0.1, 0.15) is 31.1 Å². The van der Waals surface area contributed by atoms with Crippen molar-refractivity contribution in [1.82, 2.24) is 14.5 Å². The number of carbonyl (C=O) groups is 2. The molecule has 0 atom stereocenters. The Hall–Kier alpha value is -3.26. The predicted molar refractivity (Wildman–Crippen MR) is 110 cm³/mol. The Morgan fingerprint density at radius 2 is 2.00 bits per heavy atom. The van der Waals surface area contributed by atoms with Crippen molar-refractivity contribution in [1.29, 1.82) is 0 Å². The van der Waals surface area contributed by atoms with Gasteiger partial charge in [-0.15, -0.1) is 12.4 Å². The van der Waals surface area contributed by atoms with Gasteiger partial charge in [-0.3, -0.25) is 4.79 Å². The number of anilines is 2. The smallest absolute Gasteiger partial charge is 0.421 e. The van der Waals surface area contributed by atoms with Gasteiger partial charge in [-0.1, -0.05) is 12.1 Å². The lowest BCUT2D eigenvalue weighted by Crippen LogP contribution is -2.27. The summed E-state index contributed by atoms with van der Waals surface area (Å²) in [6.45, 7) is 5.32. The molecule has 0 fully saturated rings. The molecule has 28 heavy (non-hydrogen) atoms. The van der Waals surface area contributed by atoms with E-state index >= 15 is 0 Å². The van der Waals surface area contributed by atoms with Gasteiger partial charge in [-0.25, -0.2) is 14.3 Å². The summed E-state index contributed by atoms with van der Waals surface area (Å²) < 4.78 is 6.47. The van der Waals surface area contributed by atoms with Crippen molar-refractivity contribution < 1.29 is 14.3 Å². The number of aromatic nitrogens is 3. The zero-order chi connectivity index (χ0) is 19.6. The van der Waals surface area contributed by atoms with Gasteiger partial charge in [0, 0.05) is 29.8 Å². The fraction of sp³-hybridized carbons (Fsp3) is 0.211. The topological polar surface area (TPSA) is 115 Å². The van der Waals surface area contributed by atoms with Gasteiger partial charge in [0.1, 0.15) is 5.60 Å². The Balaban J connectivity index is 0.00000280. The van der Waals surface area contributed by atoms with Crippen LogP contribution in [0.4, 0.5) is 16.4 Å². The molecule has 1 amide bonds. The predicted octanol–water partition coefficient (Wildman–Crippen LogP) is 3.92. The van der Waals surface area contributed by atoms with Crippen molar-refractivity contribution in [3.05, 3.63) is 54.5 Å². The summed E-state index contributed by atoms with van der Waals surface area (Å²) in [6.07, 6.45) is 4.20. The standard InChI is InChI=1S/C19H21N5O3.ClH/c1-19(2,3)27-18(26)24-11-15(23-17(24)20)12-5-4-6-14(9-12)22-16(25)13-7-8-21-10-13;/h4-11,21H,1-3H3,(H2,20,23)(H,22,25);1H. The summed E-state index contributed by atoms with van der Waals surface area (Å²) in [5.74, 6) is -0.201. The maximum atomic E-state index is 12.2. The highest BCUT2D eigenvalue weighted by atomic mass is 35.5. The van der Waals surface area contributed by atoms with Crippen molar-refractivity contribution in [3.63, 3.8) is 0 Å². The second-order valence-corrected chi connectivity index (χ2v) is 6.97. The van der Waals surface area contributed by atoms with E-state index < -0.39 is 11.7 Å². The van der Waals surface area contributed by atoms with Gasteiger partial charge in [-0.2, -0.15) is 0 Å². The molecule has 0 saturated heterocycles. The van der Waals surface area contributed by atoms with Gasteiger partial charge in [0.25, 0.3) is 5.91 Å². The first-order valence-electron chi connectivity index (χ1n) is 8.36. The Bertz CT molecular complexity index is 974. The van der Waals surface area contributed by atoms with Crippen molar-refractivity contribution in [2.75, 3.05) is 11.1 Å². The van der Waals surface area contributed by atoms with E-state index in [9.17, 15) is 9.59 Å². The summed E-state index contributed by atoms with van der Waals surface area (Å²) in [4.78, 5) is 31.5. The van der Waals surface area contributed by atoms with Crippen molar-refractivity contribution in [2.45, 2.75) is 26.4 Å². The van der Waals surface area contributed by atoms with Crippen LogP contribution in [-0.4, -0.2) is 32.1 Å². The number of nitrogens with zero attached hydrogens (tertiary/aromatic N) is 2. The van der Waals surface area contributed by atoms with Crippen LogP contribution in [0.25, 0.3) is 11.3 Å². The van der Waals surface area contributed by atoms with Gasteiger partial charge in [0.05, 0.1) is 11.3 Å². The highest BCUT2D eigenvalue weighted by molar-refractivity contribution is 6.04. The third-order valence-corrected chi connectivity index (χ3v) is 3.60. The number of aromatic amines is 1. The van der Waals surface area contributed by atoms with E-state index in [0.29, 0.717) is 22.5 Å². The minimum absolute atomic E-state index is 0. The summed E-state index contributed by atoms with van der Waals surface area (Å²) in [5, 5.41) is 2.81. The van der Waals surface area contributed by atoms with E-state index in [4.69, 9.17) is 10.5 Å². The van der Waals surface area contributed by atoms with E-state index in [-0.39, 0.29) is 24.3 Å². The summed E-state index contributed by atoms with van der Waals surface area (Å²) >= 11 is 0. The van der Waals surface area contributed by atoms with E-state index in [0.717, 1.165) is 4.57 Å². The SMILES string of the molecule is CC(C)(C)OC(=O)n1cc(-c2cccc(NC(=O)c3cc[nH]c3)c2)nc1N.Cl. The molecule has 0 aliphatic carbocycles. The number of amides is 1. The number of carbonyl (C=O) groups excluding carboxylic acids is 2. The average molecular weight is 404 g/mol. The van der Waals surface area contributed by atoms with Crippen molar-refractivity contribution >= 4 is 36.0 Å². The van der Waals surface area contributed by atoms with E-state index in [1.165, 1.54) is 6.20 Å². The number of imidazole rings is 1. The molecule has 0 bridgehead atoms. The fourth-order valence-corrected chi connectivity index (χ4v) is 2.42. The van der Waals surface area contributed by atoms with E-state index in [2.05, 4.69) is 15.3 Å². The molecule has 0 saturated carbocycles. The Kier molecular flexibility index (Phi) is 6.15. The number of hydrogen-bond acceptors (Lipinski definition) is 5. The number of rotatable bonds is 3. The maximum Gasteiger partial charge on any atom is 0.421 e. The number of nitrogen functional groups attached to an aromatic ring is 1. The maximum absolute atomic E-state index is 12.2. The first-order valence-corrected chi connectivity index (χ1v) is 8.36. The highest BCUT2D eigenvalue weighted by Crippen LogP contribution is 2.24.